The minimum absolute atomic E-state index is 0.0525. The van der Waals surface area contributed by atoms with Gasteiger partial charge in [-0.25, -0.2) is 31.5 Å². The van der Waals surface area contributed by atoms with Gasteiger partial charge >= 0.3 is 0 Å². The van der Waals surface area contributed by atoms with Crippen LogP contribution in [0.1, 0.15) is 42.0 Å². The number of aromatic nitrogens is 4. The van der Waals surface area contributed by atoms with Crippen LogP contribution in [0.5, 0.6) is 17.2 Å². The molecule has 0 radical (unpaired) electrons. The molecule has 3 atom stereocenters. The van der Waals surface area contributed by atoms with Crippen molar-refractivity contribution in [1.82, 2.24) is 19.7 Å². The Morgan fingerprint density at radius 2 is 1.74 bits per heavy atom. The van der Waals surface area contributed by atoms with E-state index in [9.17, 15) is 8.42 Å². The molecule has 0 spiro atoms. The fraction of sp³-hybridized carbons (Fsp3) is 0.306. The summed E-state index contributed by atoms with van der Waals surface area (Å²) in [6.07, 6.45) is 5.22. The predicted octanol–water partition coefficient (Wildman–Crippen LogP) is 6.20. The zero-order chi connectivity index (χ0) is 35.3. The molecule has 1 saturated carbocycles. The Labute approximate surface area is 289 Å². The van der Waals surface area contributed by atoms with Gasteiger partial charge < -0.3 is 18.9 Å². The third-order valence-corrected chi connectivity index (χ3v) is 10.5. The monoisotopic (exact) mass is 705 g/mol. The second-order valence-electron chi connectivity index (χ2n) is 11.8. The fourth-order valence-electron chi connectivity index (χ4n) is 6.18. The zero-order valence-corrected chi connectivity index (χ0v) is 28.6. The number of hydrogen-bond donors (Lipinski definition) is 0. The van der Waals surface area contributed by atoms with Crippen LogP contribution < -0.4 is 18.5 Å². The first-order valence-electron chi connectivity index (χ1n) is 16.0. The minimum atomic E-state index is -4.73. The largest absolute Gasteiger partial charge is 0.497 e. The molecule has 0 saturated heterocycles. The van der Waals surface area contributed by atoms with Crippen LogP contribution in [0.3, 0.4) is 0 Å². The van der Waals surface area contributed by atoms with Gasteiger partial charge in [-0.3, -0.25) is 4.68 Å². The molecule has 1 aliphatic carbocycles. The van der Waals surface area contributed by atoms with E-state index in [1.807, 2.05) is 43.4 Å². The summed E-state index contributed by atoms with van der Waals surface area (Å²) < 4.78 is 85.7. The SMILES string of the molecule is COc1ccc(CN(c2ccncn2)S(=O)(=O)c2cc(F)c(OC3CCC(OCc4ccccc4)C[C@@H]3c3ccnn3C)cc2F)c(OC)c1. The summed E-state index contributed by atoms with van der Waals surface area (Å²) in [6, 6.07) is 19.4. The lowest BCUT2D eigenvalue weighted by molar-refractivity contribution is -0.0183. The second-order valence-corrected chi connectivity index (χ2v) is 13.7. The van der Waals surface area contributed by atoms with Crippen molar-refractivity contribution < 1.29 is 36.1 Å². The van der Waals surface area contributed by atoms with Crippen LogP contribution in [-0.2, 0) is 35.0 Å². The fourth-order valence-corrected chi connectivity index (χ4v) is 7.64. The minimum Gasteiger partial charge on any atom is -0.497 e. The lowest BCUT2D eigenvalue weighted by atomic mass is 9.82. The first kappa shape index (κ1) is 34.8. The summed E-state index contributed by atoms with van der Waals surface area (Å²) in [6.45, 7) is 0.135. The van der Waals surface area contributed by atoms with Crippen molar-refractivity contribution in [2.75, 3.05) is 18.5 Å². The maximum Gasteiger partial charge on any atom is 0.268 e. The third-order valence-electron chi connectivity index (χ3n) is 8.77. The van der Waals surface area contributed by atoms with Crippen molar-refractivity contribution in [2.24, 2.45) is 7.05 Å². The Balaban J connectivity index is 1.27. The average Bonchev–Trinajstić information content (AvgIpc) is 3.57. The van der Waals surface area contributed by atoms with Crippen LogP contribution >= 0.6 is 0 Å². The average molecular weight is 706 g/mol. The van der Waals surface area contributed by atoms with E-state index in [4.69, 9.17) is 18.9 Å². The van der Waals surface area contributed by atoms with Crippen molar-refractivity contribution >= 4 is 15.8 Å². The van der Waals surface area contributed by atoms with Gasteiger partial charge in [0.25, 0.3) is 10.0 Å². The van der Waals surface area contributed by atoms with E-state index in [0.717, 1.165) is 28.0 Å². The van der Waals surface area contributed by atoms with Gasteiger partial charge in [-0.1, -0.05) is 30.3 Å². The van der Waals surface area contributed by atoms with Gasteiger partial charge in [0.15, 0.2) is 11.6 Å². The molecule has 6 rings (SSSR count). The van der Waals surface area contributed by atoms with E-state index in [1.54, 1.807) is 29.1 Å². The Morgan fingerprint density at radius 3 is 2.44 bits per heavy atom. The smallest absolute Gasteiger partial charge is 0.268 e. The quantitative estimate of drug-likeness (QED) is 0.141. The van der Waals surface area contributed by atoms with Crippen LogP contribution in [0.2, 0.25) is 0 Å². The molecule has 0 amide bonds. The molecule has 3 aromatic carbocycles. The van der Waals surface area contributed by atoms with E-state index in [0.29, 0.717) is 49.0 Å². The molecule has 1 fully saturated rings. The van der Waals surface area contributed by atoms with Crippen LogP contribution in [-0.4, -0.2) is 54.6 Å². The van der Waals surface area contributed by atoms with Crippen molar-refractivity contribution in [2.45, 2.75) is 55.4 Å². The van der Waals surface area contributed by atoms with Gasteiger partial charge in [-0.05, 0) is 43.0 Å². The molecule has 2 heterocycles. The molecular formula is C36H37F2N5O6S. The normalized spacial score (nSPS) is 17.7. The predicted molar refractivity (Wildman–Crippen MR) is 181 cm³/mol. The van der Waals surface area contributed by atoms with Gasteiger partial charge in [-0.2, -0.15) is 5.10 Å². The molecule has 5 aromatic rings. The first-order valence-corrected chi connectivity index (χ1v) is 17.4. The number of anilines is 1. The number of methoxy groups -OCH3 is 2. The van der Waals surface area contributed by atoms with Gasteiger partial charge in [-0.15, -0.1) is 0 Å². The van der Waals surface area contributed by atoms with Gasteiger partial charge in [0.05, 0.1) is 33.5 Å². The van der Waals surface area contributed by atoms with E-state index in [2.05, 4.69) is 15.1 Å². The summed E-state index contributed by atoms with van der Waals surface area (Å²) in [7, 11) is 0.00211. The van der Waals surface area contributed by atoms with Crippen molar-refractivity contribution in [1.29, 1.82) is 0 Å². The highest BCUT2D eigenvalue weighted by atomic mass is 32.2. The van der Waals surface area contributed by atoms with Crippen LogP contribution in [0, 0.1) is 11.6 Å². The second kappa shape index (κ2) is 15.2. The molecule has 2 aromatic heterocycles. The number of halogens is 2. The summed E-state index contributed by atoms with van der Waals surface area (Å²) in [4.78, 5) is 7.08. The van der Waals surface area contributed by atoms with Crippen LogP contribution in [0.4, 0.5) is 14.6 Å². The lowest BCUT2D eigenvalue weighted by Gasteiger charge is -2.36. The van der Waals surface area contributed by atoms with Crippen molar-refractivity contribution in [3.63, 3.8) is 0 Å². The highest BCUT2D eigenvalue weighted by molar-refractivity contribution is 7.92. The first-order chi connectivity index (χ1) is 24.2. The molecule has 0 bridgehead atoms. The molecular weight excluding hydrogens is 668 g/mol. The molecule has 1 aliphatic rings. The highest BCUT2D eigenvalue weighted by Gasteiger charge is 2.37. The van der Waals surface area contributed by atoms with Crippen LogP contribution in [0.25, 0.3) is 0 Å². The highest BCUT2D eigenvalue weighted by Crippen LogP contribution is 2.39. The Bertz CT molecular complexity index is 2020. The number of sulfonamides is 1. The molecule has 2 unspecified atom stereocenters. The van der Waals surface area contributed by atoms with E-state index >= 15 is 8.78 Å². The molecule has 0 aliphatic heterocycles. The van der Waals surface area contributed by atoms with Gasteiger partial charge in [0.1, 0.15) is 40.5 Å². The van der Waals surface area contributed by atoms with E-state index in [-0.39, 0.29) is 24.4 Å². The van der Waals surface area contributed by atoms with E-state index < -0.39 is 38.4 Å². The number of ether oxygens (including phenoxy) is 4. The molecule has 14 heteroatoms. The van der Waals surface area contributed by atoms with Crippen molar-refractivity contribution in [3.05, 3.63) is 120 Å². The topological polar surface area (TPSA) is 118 Å². The van der Waals surface area contributed by atoms with Gasteiger partial charge in [0.2, 0.25) is 0 Å². The number of hydrogen-bond acceptors (Lipinski definition) is 9. The summed E-state index contributed by atoms with van der Waals surface area (Å²) in [5.41, 5.74) is 2.34. The standard InChI is InChI=1S/C36H37F2N5O6S/c1-42-31(13-16-41-42)28-17-27(48-22-24-7-5-4-6-8-24)11-12-32(28)49-34-19-30(38)35(20-29(34)37)50(44,45)43(36-14-15-39-23-40-36)21-25-9-10-26(46-2)18-33(25)47-3/h4-10,13-16,18-20,23,27-28,32H,11-12,17,21-22H2,1-3H3/t27?,28-,32?/m1/s1. The summed E-state index contributed by atoms with van der Waals surface area (Å²) in [5.74, 6) is -2.09. The number of benzene rings is 3. The molecule has 11 nitrogen and oxygen atoms in total. The van der Waals surface area contributed by atoms with Gasteiger partial charge in [0, 0.05) is 60.9 Å². The molecule has 262 valence electrons. The maximum absolute atomic E-state index is 15.9. The van der Waals surface area contributed by atoms with E-state index in [1.165, 1.54) is 26.5 Å². The summed E-state index contributed by atoms with van der Waals surface area (Å²) in [5, 5.41) is 4.30. The maximum atomic E-state index is 15.9. The summed E-state index contributed by atoms with van der Waals surface area (Å²) >= 11 is 0. The Morgan fingerprint density at radius 1 is 0.920 bits per heavy atom. The number of aryl methyl sites for hydroxylation is 1. The Kier molecular flexibility index (Phi) is 10.6. The molecule has 0 N–H and O–H groups in total. The van der Waals surface area contributed by atoms with Crippen LogP contribution in [0.15, 0.2) is 96.4 Å². The number of nitrogens with zero attached hydrogens (tertiary/aromatic N) is 5. The Hall–Kier alpha value is -5.08. The third kappa shape index (κ3) is 7.55. The van der Waals surface area contributed by atoms with Crippen molar-refractivity contribution in [3.8, 4) is 17.2 Å². The zero-order valence-electron chi connectivity index (χ0n) is 27.8. The number of rotatable bonds is 13. The lowest BCUT2D eigenvalue weighted by Crippen LogP contribution is -2.36. The molecule has 50 heavy (non-hydrogen) atoms.